The van der Waals surface area contributed by atoms with Gasteiger partial charge in [0, 0.05) is 26.2 Å². The van der Waals surface area contributed by atoms with E-state index >= 15 is 0 Å². The maximum Gasteiger partial charge on any atom is 0.231 e. The van der Waals surface area contributed by atoms with Gasteiger partial charge in [0.25, 0.3) is 0 Å². The van der Waals surface area contributed by atoms with Crippen LogP contribution in [0.5, 0.6) is 0 Å². The van der Waals surface area contributed by atoms with Crippen LogP contribution in [-0.4, -0.2) is 61.9 Å². The van der Waals surface area contributed by atoms with Crippen molar-refractivity contribution >= 4 is 11.8 Å². The van der Waals surface area contributed by atoms with Crippen molar-refractivity contribution in [2.45, 2.75) is 20.3 Å². The number of nitrogens with one attached hydrogen (secondary N) is 1. The van der Waals surface area contributed by atoms with Crippen molar-refractivity contribution < 1.29 is 9.59 Å². The molecule has 1 N–H and O–H groups in total. The highest BCUT2D eigenvalue weighted by Crippen LogP contribution is 1.93. The molecule has 0 saturated carbocycles. The molecule has 0 bridgehead atoms. The fourth-order valence-electron chi connectivity index (χ4n) is 1.31. The Morgan fingerprint density at radius 1 is 1.12 bits per heavy atom. The first-order chi connectivity index (χ1) is 7.51. The number of rotatable bonds is 7. The first-order valence-corrected chi connectivity index (χ1v) is 5.70. The Hall–Kier alpha value is -1.10. The van der Waals surface area contributed by atoms with Crippen molar-refractivity contribution in [2.24, 2.45) is 0 Å². The zero-order chi connectivity index (χ0) is 12.6. The van der Waals surface area contributed by atoms with Gasteiger partial charge in [-0.3, -0.25) is 9.59 Å². The molecule has 5 nitrogen and oxygen atoms in total. The summed E-state index contributed by atoms with van der Waals surface area (Å²) in [4.78, 5) is 26.6. The maximum atomic E-state index is 11.6. The average molecular weight is 229 g/mol. The maximum absolute atomic E-state index is 11.6. The molecule has 0 unspecified atom stereocenters. The summed E-state index contributed by atoms with van der Waals surface area (Å²) < 4.78 is 0. The van der Waals surface area contributed by atoms with Gasteiger partial charge in [-0.2, -0.15) is 0 Å². The number of likely N-dealkylation sites (N-methyl/N-ethyl adjacent to an activating group) is 1. The summed E-state index contributed by atoms with van der Waals surface area (Å²) in [6.45, 7) is 6.49. The van der Waals surface area contributed by atoms with Crippen LogP contribution in [0.1, 0.15) is 20.3 Å². The summed E-state index contributed by atoms with van der Waals surface area (Å²) in [5.74, 6) is -0.300. The number of nitrogens with zero attached hydrogens (tertiary/aromatic N) is 2. The lowest BCUT2D eigenvalue weighted by atomic mass is 10.3. The van der Waals surface area contributed by atoms with Crippen LogP contribution < -0.4 is 5.32 Å². The van der Waals surface area contributed by atoms with Gasteiger partial charge in [-0.05, 0) is 27.9 Å². The van der Waals surface area contributed by atoms with Crippen LogP contribution in [0.2, 0.25) is 0 Å². The fourth-order valence-corrected chi connectivity index (χ4v) is 1.31. The van der Waals surface area contributed by atoms with Crippen molar-refractivity contribution in [1.82, 2.24) is 15.1 Å². The second-order valence-corrected chi connectivity index (χ2v) is 3.90. The van der Waals surface area contributed by atoms with Crippen LogP contribution in [0.4, 0.5) is 0 Å². The highest BCUT2D eigenvalue weighted by atomic mass is 16.2. The lowest BCUT2D eigenvalue weighted by Crippen LogP contribution is -2.37. The molecule has 0 fully saturated rings. The molecule has 0 spiro atoms. The van der Waals surface area contributed by atoms with E-state index in [1.54, 1.807) is 4.90 Å². The molecule has 5 heteroatoms. The highest BCUT2D eigenvalue weighted by molar-refractivity contribution is 5.96. The minimum absolute atomic E-state index is 0.0465. The predicted octanol–water partition coefficient (Wildman–Crippen LogP) is -0.0773. The number of carbonyl (C=O) groups is 2. The molecular formula is C11H23N3O2. The predicted molar refractivity (Wildman–Crippen MR) is 64.1 cm³/mol. The molecule has 0 aliphatic carbocycles. The Balaban J connectivity index is 3.82. The fraction of sp³-hybridized carbons (Fsp3) is 0.818. The topological polar surface area (TPSA) is 52.7 Å². The largest absolute Gasteiger partial charge is 0.354 e. The molecule has 0 aliphatic heterocycles. The standard InChI is InChI=1S/C11H23N3O2/c1-5-14(6-2)11(16)9-10(15)12-7-8-13(3)4/h5-9H2,1-4H3,(H,12,15). The summed E-state index contributed by atoms with van der Waals surface area (Å²) in [7, 11) is 3.88. The summed E-state index contributed by atoms with van der Waals surface area (Å²) in [6, 6.07) is 0. The third-order valence-electron chi connectivity index (χ3n) is 2.31. The van der Waals surface area contributed by atoms with Crippen molar-refractivity contribution in [3.05, 3.63) is 0 Å². The molecule has 16 heavy (non-hydrogen) atoms. The minimum Gasteiger partial charge on any atom is -0.354 e. The van der Waals surface area contributed by atoms with E-state index in [1.165, 1.54) is 0 Å². The van der Waals surface area contributed by atoms with Crippen molar-refractivity contribution in [1.29, 1.82) is 0 Å². The number of hydrogen-bond donors (Lipinski definition) is 1. The first-order valence-electron chi connectivity index (χ1n) is 5.70. The third-order valence-corrected chi connectivity index (χ3v) is 2.31. The van der Waals surface area contributed by atoms with E-state index in [0.29, 0.717) is 19.6 Å². The normalized spacial score (nSPS) is 10.3. The number of hydrogen-bond acceptors (Lipinski definition) is 3. The van der Waals surface area contributed by atoms with Crippen LogP contribution >= 0.6 is 0 Å². The van der Waals surface area contributed by atoms with E-state index in [-0.39, 0.29) is 18.2 Å². The SMILES string of the molecule is CCN(CC)C(=O)CC(=O)NCCN(C)C. The Kier molecular flexibility index (Phi) is 7.54. The summed E-state index contributed by atoms with van der Waals surface area (Å²) in [6.07, 6.45) is -0.0465. The number of carbonyl (C=O) groups excluding carboxylic acids is 2. The summed E-state index contributed by atoms with van der Waals surface area (Å²) in [5, 5.41) is 2.72. The Labute approximate surface area is 97.8 Å². The first kappa shape index (κ1) is 14.9. The monoisotopic (exact) mass is 229 g/mol. The lowest BCUT2D eigenvalue weighted by Gasteiger charge is -2.18. The average Bonchev–Trinajstić information content (AvgIpc) is 2.18. The van der Waals surface area contributed by atoms with E-state index < -0.39 is 0 Å². The van der Waals surface area contributed by atoms with Crippen LogP contribution in [0.3, 0.4) is 0 Å². The van der Waals surface area contributed by atoms with Gasteiger partial charge < -0.3 is 15.1 Å². The molecule has 0 rings (SSSR count). The third kappa shape index (κ3) is 6.40. The molecule has 2 amide bonds. The minimum atomic E-state index is -0.196. The lowest BCUT2D eigenvalue weighted by molar-refractivity contribution is -0.135. The quantitative estimate of drug-likeness (QED) is 0.621. The van der Waals surface area contributed by atoms with E-state index in [9.17, 15) is 9.59 Å². The molecule has 0 radical (unpaired) electrons. The molecule has 0 aliphatic rings. The van der Waals surface area contributed by atoms with Crippen LogP contribution in [0.25, 0.3) is 0 Å². The van der Waals surface area contributed by atoms with Gasteiger partial charge in [0.2, 0.25) is 11.8 Å². The second kappa shape index (κ2) is 8.10. The molecular weight excluding hydrogens is 206 g/mol. The Morgan fingerprint density at radius 3 is 2.12 bits per heavy atom. The highest BCUT2D eigenvalue weighted by Gasteiger charge is 2.13. The van der Waals surface area contributed by atoms with Gasteiger partial charge in [-0.1, -0.05) is 0 Å². The second-order valence-electron chi connectivity index (χ2n) is 3.90. The van der Waals surface area contributed by atoms with E-state index in [2.05, 4.69) is 5.32 Å². The van der Waals surface area contributed by atoms with Crippen LogP contribution in [0, 0.1) is 0 Å². The van der Waals surface area contributed by atoms with E-state index in [1.807, 2.05) is 32.8 Å². The van der Waals surface area contributed by atoms with E-state index in [4.69, 9.17) is 0 Å². The van der Waals surface area contributed by atoms with Crippen molar-refractivity contribution in [3.8, 4) is 0 Å². The molecule has 94 valence electrons. The molecule has 0 heterocycles. The summed E-state index contributed by atoms with van der Waals surface area (Å²) >= 11 is 0. The zero-order valence-corrected chi connectivity index (χ0v) is 10.7. The molecule has 0 aromatic rings. The summed E-state index contributed by atoms with van der Waals surface area (Å²) in [5.41, 5.74) is 0. The van der Waals surface area contributed by atoms with Crippen molar-refractivity contribution in [2.75, 3.05) is 40.3 Å². The Bertz CT molecular complexity index is 225. The van der Waals surface area contributed by atoms with Crippen molar-refractivity contribution in [3.63, 3.8) is 0 Å². The van der Waals surface area contributed by atoms with Gasteiger partial charge in [0.05, 0.1) is 0 Å². The molecule has 0 atom stereocenters. The van der Waals surface area contributed by atoms with Gasteiger partial charge in [0.1, 0.15) is 6.42 Å². The molecule has 0 saturated heterocycles. The molecule has 0 aromatic heterocycles. The van der Waals surface area contributed by atoms with Gasteiger partial charge in [0.15, 0.2) is 0 Å². The van der Waals surface area contributed by atoms with Gasteiger partial charge in [-0.15, -0.1) is 0 Å². The van der Waals surface area contributed by atoms with Gasteiger partial charge >= 0.3 is 0 Å². The smallest absolute Gasteiger partial charge is 0.231 e. The van der Waals surface area contributed by atoms with Crippen LogP contribution in [-0.2, 0) is 9.59 Å². The zero-order valence-electron chi connectivity index (χ0n) is 10.7. The van der Waals surface area contributed by atoms with Gasteiger partial charge in [-0.25, -0.2) is 0 Å². The number of amides is 2. The van der Waals surface area contributed by atoms with Crippen LogP contribution in [0.15, 0.2) is 0 Å². The Morgan fingerprint density at radius 2 is 1.69 bits per heavy atom. The van der Waals surface area contributed by atoms with E-state index in [0.717, 1.165) is 6.54 Å². The molecule has 0 aromatic carbocycles.